The number of carbonyl (C=O) groups is 2. The Bertz CT molecular complexity index is 217. The van der Waals surface area contributed by atoms with Gasteiger partial charge in [0.05, 0.1) is 12.5 Å². The summed E-state index contributed by atoms with van der Waals surface area (Å²) in [6, 6.07) is -0.943. The van der Waals surface area contributed by atoms with E-state index < -0.39 is 12.0 Å². The SMILES string of the molecule is CC(C)CCCNC(=O)[C@H](N)CC(=O)O. The standard InChI is InChI=1S/C10H20N2O3/c1-7(2)4-3-5-12-10(15)8(11)6-9(13)14/h7-8H,3-6,11H2,1-2H3,(H,12,15)(H,13,14)/t8-/m1/s1. The minimum absolute atomic E-state index is 0.323. The van der Waals surface area contributed by atoms with E-state index in [0.29, 0.717) is 12.5 Å². The number of nitrogens with one attached hydrogen (secondary N) is 1. The molecule has 88 valence electrons. The smallest absolute Gasteiger partial charge is 0.305 e. The average molecular weight is 216 g/mol. The van der Waals surface area contributed by atoms with Gasteiger partial charge >= 0.3 is 5.97 Å². The zero-order valence-electron chi connectivity index (χ0n) is 9.32. The molecule has 15 heavy (non-hydrogen) atoms. The maximum absolute atomic E-state index is 11.2. The molecule has 5 heteroatoms. The fourth-order valence-corrected chi connectivity index (χ4v) is 1.13. The predicted octanol–water partition coefficient (Wildman–Crippen LogP) is 0.341. The van der Waals surface area contributed by atoms with E-state index >= 15 is 0 Å². The van der Waals surface area contributed by atoms with Crippen LogP contribution in [-0.2, 0) is 9.59 Å². The lowest BCUT2D eigenvalue weighted by molar-refractivity contribution is -0.139. The van der Waals surface area contributed by atoms with E-state index in [1.54, 1.807) is 0 Å². The number of rotatable bonds is 7. The van der Waals surface area contributed by atoms with Gasteiger partial charge in [-0.1, -0.05) is 13.8 Å². The zero-order chi connectivity index (χ0) is 11.8. The minimum Gasteiger partial charge on any atom is -0.481 e. The molecule has 5 nitrogen and oxygen atoms in total. The highest BCUT2D eigenvalue weighted by atomic mass is 16.4. The van der Waals surface area contributed by atoms with E-state index in [2.05, 4.69) is 19.2 Å². The largest absolute Gasteiger partial charge is 0.481 e. The lowest BCUT2D eigenvalue weighted by Gasteiger charge is -2.10. The first-order valence-corrected chi connectivity index (χ1v) is 5.18. The van der Waals surface area contributed by atoms with Gasteiger partial charge in [-0.15, -0.1) is 0 Å². The van der Waals surface area contributed by atoms with Gasteiger partial charge in [-0.2, -0.15) is 0 Å². The number of hydrogen-bond donors (Lipinski definition) is 3. The third-order valence-corrected chi connectivity index (χ3v) is 1.99. The molecule has 0 aromatic rings. The van der Waals surface area contributed by atoms with Crippen LogP contribution in [0.1, 0.15) is 33.1 Å². The Kier molecular flexibility index (Phi) is 6.70. The summed E-state index contributed by atoms with van der Waals surface area (Å²) < 4.78 is 0. The second-order valence-corrected chi connectivity index (χ2v) is 4.03. The number of nitrogens with two attached hydrogens (primary N) is 1. The van der Waals surface area contributed by atoms with Crippen LogP contribution >= 0.6 is 0 Å². The van der Waals surface area contributed by atoms with Crippen molar-refractivity contribution in [2.45, 2.75) is 39.2 Å². The molecule has 0 saturated carbocycles. The van der Waals surface area contributed by atoms with Crippen LogP contribution in [0.15, 0.2) is 0 Å². The molecule has 0 heterocycles. The summed E-state index contributed by atoms with van der Waals surface area (Å²) in [6.45, 7) is 4.78. The van der Waals surface area contributed by atoms with E-state index in [1.807, 2.05) is 0 Å². The van der Waals surface area contributed by atoms with Crippen LogP contribution in [0.4, 0.5) is 0 Å². The van der Waals surface area contributed by atoms with Crippen LogP contribution in [-0.4, -0.2) is 29.6 Å². The molecule has 0 unspecified atom stereocenters. The Morgan fingerprint density at radius 2 is 2.00 bits per heavy atom. The number of amides is 1. The van der Waals surface area contributed by atoms with Crippen LogP contribution in [0.25, 0.3) is 0 Å². The molecule has 0 fully saturated rings. The van der Waals surface area contributed by atoms with E-state index in [-0.39, 0.29) is 12.3 Å². The Labute approximate surface area is 90.0 Å². The quantitative estimate of drug-likeness (QED) is 0.535. The van der Waals surface area contributed by atoms with Crippen molar-refractivity contribution < 1.29 is 14.7 Å². The van der Waals surface area contributed by atoms with E-state index in [1.165, 1.54) is 0 Å². The molecule has 0 aromatic heterocycles. The fraction of sp³-hybridized carbons (Fsp3) is 0.800. The van der Waals surface area contributed by atoms with Crippen LogP contribution in [0.3, 0.4) is 0 Å². The summed E-state index contributed by atoms with van der Waals surface area (Å²) in [7, 11) is 0. The van der Waals surface area contributed by atoms with Crippen LogP contribution < -0.4 is 11.1 Å². The maximum Gasteiger partial charge on any atom is 0.305 e. The molecule has 0 saturated heterocycles. The predicted molar refractivity (Wildman–Crippen MR) is 57.3 cm³/mol. The monoisotopic (exact) mass is 216 g/mol. The molecular formula is C10H20N2O3. The maximum atomic E-state index is 11.2. The van der Waals surface area contributed by atoms with Gasteiger partial charge in [0.1, 0.15) is 0 Å². The topological polar surface area (TPSA) is 92.4 Å². The number of carboxylic acid groups (broad SMARTS) is 1. The third kappa shape index (κ3) is 7.93. The molecule has 0 aliphatic rings. The van der Waals surface area contributed by atoms with Gasteiger partial charge in [-0.25, -0.2) is 0 Å². The average Bonchev–Trinajstić information content (AvgIpc) is 2.10. The molecule has 0 radical (unpaired) electrons. The highest BCUT2D eigenvalue weighted by Gasteiger charge is 2.15. The Balaban J connectivity index is 3.60. The first-order valence-electron chi connectivity index (χ1n) is 5.18. The first-order chi connectivity index (χ1) is 6.93. The van der Waals surface area contributed by atoms with Gasteiger partial charge in [0.2, 0.25) is 5.91 Å². The molecule has 0 aliphatic heterocycles. The van der Waals surface area contributed by atoms with E-state index in [0.717, 1.165) is 12.8 Å². The summed E-state index contributed by atoms with van der Waals surface area (Å²) in [5, 5.41) is 11.0. The third-order valence-electron chi connectivity index (χ3n) is 1.99. The van der Waals surface area contributed by atoms with Gasteiger partial charge in [-0.05, 0) is 18.8 Å². The van der Waals surface area contributed by atoms with Gasteiger partial charge in [-0.3, -0.25) is 9.59 Å². The summed E-state index contributed by atoms with van der Waals surface area (Å²) in [6.07, 6.45) is 1.60. The first kappa shape index (κ1) is 13.9. The van der Waals surface area contributed by atoms with Crippen LogP contribution in [0.2, 0.25) is 0 Å². The van der Waals surface area contributed by atoms with Gasteiger partial charge in [0.15, 0.2) is 0 Å². The molecular weight excluding hydrogens is 196 g/mol. The molecule has 0 aliphatic carbocycles. The van der Waals surface area contributed by atoms with Gasteiger partial charge in [0, 0.05) is 6.54 Å². The van der Waals surface area contributed by atoms with Crippen molar-refractivity contribution >= 4 is 11.9 Å². The molecule has 4 N–H and O–H groups in total. The van der Waals surface area contributed by atoms with Crippen molar-refractivity contribution in [3.8, 4) is 0 Å². The summed E-state index contributed by atoms with van der Waals surface area (Å²) in [4.78, 5) is 21.5. The zero-order valence-corrected chi connectivity index (χ0v) is 9.32. The Morgan fingerprint density at radius 1 is 1.40 bits per heavy atom. The van der Waals surface area contributed by atoms with Crippen molar-refractivity contribution in [2.24, 2.45) is 11.7 Å². The number of carboxylic acids is 1. The summed E-state index contributed by atoms with van der Waals surface area (Å²) >= 11 is 0. The van der Waals surface area contributed by atoms with E-state index in [9.17, 15) is 9.59 Å². The molecule has 0 bridgehead atoms. The summed E-state index contributed by atoms with van der Waals surface area (Å²) in [5.41, 5.74) is 5.37. The lowest BCUT2D eigenvalue weighted by atomic mass is 10.1. The number of carbonyl (C=O) groups excluding carboxylic acids is 1. The lowest BCUT2D eigenvalue weighted by Crippen LogP contribution is -2.42. The Hall–Kier alpha value is -1.10. The van der Waals surface area contributed by atoms with Crippen molar-refractivity contribution in [2.75, 3.05) is 6.54 Å². The van der Waals surface area contributed by atoms with E-state index in [4.69, 9.17) is 10.8 Å². The molecule has 1 amide bonds. The number of aliphatic carboxylic acids is 1. The van der Waals surface area contributed by atoms with Crippen molar-refractivity contribution in [1.29, 1.82) is 0 Å². The second kappa shape index (κ2) is 7.23. The van der Waals surface area contributed by atoms with Crippen molar-refractivity contribution in [3.05, 3.63) is 0 Å². The van der Waals surface area contributed by atoms with Crippen molar-refractivity contribution in [3.63, 3.8) is 0 Å². The highest BCUT2D eigenvalue weighted by Crippen LogP contribution is 2.01. The highest BCUT2D eigenvalue weighted by molar-refractivity contribution is 5.85. The minimum atomic E-state index is -1.06. The second-order valence-electron chi connectivity index (χ2n) is 4.03. The summed E-state index contributed by atoms with van der Waals surface area (Å²) in [5.74, 6) is -0.837. The van der Waals surface area contributed by atoms with Crippen LogP contribution in [0, 0.1) is 5.92 Å². The molecule has 0 aromatic carbocycles. The molecule has 0 spiro atoms. The molecule has 1 atom stereocenters. The van der Waals surface area contributed by atoms with Gasteiger partial charge < -0.3 is 16.2 Å². The van der Waals surface area contributed by atoms with Crippen molar-refractivity contribution in [1.82, 2.24) is 5.32 Å². The van der Waals surface area contributed by atoms with Gasteiger partial charge in [0.25, 0.3) is 0 Å². The molecule has 0 rings (SSSR count). The number of hydrogen-bond acceptors (Lipinski definition) is 3. The Morgan fingerprint density at radius 3 is 2.47 bits per heavy atom. The van der Waals surface area contributed by atoms with Crippen LogP contribution in [0.5, 0.6) is 0 Å². The normalized spacial score (nSPS) is 12.5. The fourth-order valence-electron chi connectivity index (χ4n) is 1.13.